The van der Waals surface area contributed by atoms with E-state index in [2.05, 4.69) is 20.5 Å². The first-order chi connectivity index (χ1) is 10.7. The molecule has 23 heavy (non-hydrogen) atoms. The van der Waals surface area contributed by atoms with Crippen LogP contribution >= 0.6 is 0 Å². The average Bonchev–Trinajstić information content (AvgIpc) is 2.48. The summed E-state index contributed by atoms with van der Waals surface area (Å²) in [5, 5.41) is 3.48. The zero-order chi connectivity index (χ0) is 17.3. The van der Waals surface area contributed by atoms with Gasteiger partial charge in [-0.2, -0.15) is 5.10 Å². The quantitative estimate of drug-likeness (QED) is 0.298. The van der Waals surface area contributed by atoms with Crippen molar-refractivity contribution in [3.63, 3.8) is 0 Å². The van der Waals surface area contributed by atoms with Crippen LogP contribution in [0.4, 0.5) is 27.9 Å². The van der Waals surface area contributed by atoms with E-state index in [0.29, 0.717) is 5.69 Å². The molecule has 2 aromatic rings. The van der Waals surface area contributed by atoms with Crippen LogP contribution in [0.5, 0.6) is 0 Å². The van der Waals surface area contributed by atoms with Crippen molar-refractivity contribution in [1.29, 1.82) is 0 Å². The first-order valence-corrected chi connectivity index (χ1v) is 6.12. The van der Waals surface area contributed by atoms with Crippen molar-refractivity contribution in [3.8, 4) is 0 Å². The number of aromatic amines is 1. The lowest BCUT2D eigenvalue weighted by molar-refractivity contribution is 0.377. The third kappa shape index (κ3) is 3.20. The Kier molecular flexibility index (Phi) is 4.43. The minimum absolute atomic E-state index is 0.154. The van der Waals surface area contributed by atoms with Crippen molar-refractivity contribution >= 4 is 11.7 Å². The van der Waals surface area contributed by atoms with Crippen molar-refractivity contribution in [2.24, 2.45) is 5.10 Å². The second-order valence-corrected chi connectivity index (χ2v) is 4.49. The van der Waals surface area contributed by atoms with Gasteiger partial charge in [-0.25, -0.2) is 32.4 Å². The first kappa shape index (κ1) is 16.6. The van der Waals surface area contributed by atoms with Crippen LogP contribution in [0.2, 0.25) is 0 Å². The number of hydrogen-bond donors (Lipinski definition) is 2. The number of halogens is 5. The highest BCUT2D eigenvalue weighted by atomic mass is 19.2. The minimum Gasteiger partial charge on any atom is -0.291 e. The van der Waals surface area contributed by atoms with Gasteiger partial charge in [-0.05, 0) is 13.8 Å². The molecule has 1 aromatic carbocycles. The summed E-state index contributed by atoms with van der Waals surface area (Å²) in [5.74, 6) is -10.6. The molecule has 0 aliphatic heterocycles. The van der Waals surface area contributed by atoms with Crippen molar-refractivity contribution in [3.05, 3.63) is 56.8 Å². The Labute approximate surface area is 125 Å². The van der Waals surface area contributed by atoms with Gasteiger partial charge in [0.25, 0.3) is 5.56 Å². The van der Waals surface area contributed by atoms with E-state index in [-0.39, 0.29) is 5.95 Å². The number of hydrogen-bond acceptors (Lipinski definition) is 4. The number of nitrogens with zero attached hydrogens (tertiary/aromatic N) is 2. The molecule has 0 atom stereocenters. The van der Waals surface area contributed by atoms with Gasteiger partial charge in [0.05, 0.1) is 11.3 Å². The molecule has 0 saturated carbocycles. The van der Waals surface area contributed by atoms with Gasteiger partial charge in [0.2, 0.25) is 11.8 Å². The summed E-state index contributed by atoms with van der Waals surface area (Å²) in [4.78, 5) is 17.3. The van der Waals surface area contributed by atoms with Crippen molar-refractivity contribution in [2.75, 3.05) is 5.43 Å². The van der Waals surface area contributed by atoms with Gasteiger partial charge in [0.1, 0.15) is 0 Å². The number of aryl methyl sites for hydroxylation is 1. The molecule has 10 heteroatoms. The summed E-state index contributed by atoms with van der Waals surface area (Å²) in [6.07, 6.45) is 0. The Morgan fingerprint density at radius 3 is 2.13 bits per heavy atom. The maximum Gasteiger partial charge on any atom is 0.252 e. The Morgan fingerprint density at radius 2 is 1.61 bits per heavy atom. The van der Waals surface area contributed by atoms with Gasteiger partial charge in [-0.1, -0.05) is 0 Å². The summed E-state index contributed by atoms with van der Waals surface area (Å²) in [7, 11) is 0. The lowest BCUT2D eigenvalue weighted by atomic mass is 10.1. The summed E-state index contributed by atoms with van der Waals surface area (Å²) in [5.41, 5.74) is 0.302. The molecule has 0 fully saturated rings. The number of nitrogens with one attached hydrogen (secondary N) is 2. The second kappa shape index (κ2) is 6.15. The standard InChI is InChI=1S/C13H9F5N4O/c1-4-3-6(23)20-13(19-4)22-21-5(2)7-8(14)10(16)12(18)11(17)9(7)15/h3H,1-2H3,(H2,19,20,22,23). The number of aromatic nitrogens is 2. The van der Waals surface area contributed by atoms with E-state index in [9.17, 15) is 26.7 Å². The van der Waals surface area contributed by atoms with Gasteiger partial charge in [0, 0.05) is 11.8 Å². The zero-order valence-electron chi connectivity index (χ0n) is 11.8. The Hall–Kier alpha value is -2.78. The molecule has 0 aliphatic carbocycles. The SMILES string of the molecule is CC(=NNc1nc(C)cc(=O)[nH]1)c1c(F)c(F)c(F)c(F)c1F. The predicted octanol–water partition coefficient (Wildman–Crippen LogP) is 2.61. The predicted molar refractivity (Wildman–Crippen MR) is 71.7 cm³/mol. The molecule has 1 aromatic heterocycles. The van der Waals surface area contributed by atoms with Crippen LogP contribution in [-0.2, 0) is 0 Å². The third-order valence-corrected chi connectivity index (χ3v) is 2.77. The normalized spacial score (nSPS) is 11.7. The highest BCUT2D eigenvalue weighted by Crippen LogP contribution is 2.23. The molecule has 0 spiro atoms. The van der Waals surface area contributed by atoms with E-state index >= 15 is 0 Å². The van der Waals surface area contributed by atoms with E-state index in [1.165, 1.54) is 13.0 Å². The van der Waals surface area contributed by atoms with E-state index in [1.54, 1.807) is 0 Å². The topological polar surface area (TPSA) is 70.1 Å². The van der Waals surface area contributed by atoms with Crippen LogP contribution < -0.4 is 11.0 Å². The first-order valence-electron chi connectivity index (χ1n) is 6.12. The van der Waals surface area contributed by atoms with Crippen molar-refractivity contribution in [2.45, 2.75) is 13.8 Å². The van der Waals surface area contributed by atoms with Crippen LogP contribution in [0, 0.1) is 36.0 Å². The summed E-state index contributed by atoms with van der Waals surface area (Å²) < 4.78 is 66.4. The second-order valence-electron chi connectivity index (χ2n) is 4.49. The molecule has 5 nitrogen and oxygen atoms in total. The zero-order valence-corrected chi connectivity index (χ0v) is 11.8. The van der Waals surface area contributed by atoms with Crippen LogP contribution in [0.3, 0.4) is 0 Å². The van der Waals surface area contributed by atoms with Crippen LogP contribution in [0.25, 0.3) is 0 Å². The largest absolute Gasteiger partial charge is 0.291 e. The number of hydrazone groups is 1. The fraction of sp³-hybridized carbons (Fsp3) is 0.154. The summed E-state index contributed by atoms with van der Waals surface area (Å²) >= 11 is 0. The molecule has 0 unspecified atom stereocenters. The highest BCUT2D eigenvalue weighted by Gasteiger charge is 2.27. The van der Waals surface area contributed by atoms with Gasteiger partial charge in [-0.3, -0.25) is 9.78 Å². The summed E-state index contributed by atoms with van der Waals surface area (Å²) in [6, 6.07) is 1.19. The van der Waals surface area contributed by atoms with E-state index in [4.69, 9.17) is 0 Å². The number of H-pyrrole nitrogens is 1. The molecule has 2 N–H and O–H groups in total. The van der Waals surface area contributed by atoms with Crippen molar-refractivity contribution in [1.82, 2.24) is 9.97 Å². The number of benzene rings is 1. The van der Waals surface area contributed by atoms with E-state index in [1.807, 2.05) is 0 Å². The highest BCUT2D eigenvalue weighted by molar-refractivity contribution is 5.99. The molecule has 0 saturated heterocycles. The maximum atomic E-state index is 13.6. The Balaban J connectivity index is 2.44. The van der Waals surface area contributed by atoms with Gasteiger partial charge in [-0.15, -0.1) is 0 Å². The lowest BCUT2D eigenvalue weighted by Crippen LogP contribution is -2.14. The fourth-order valence-electron chi connectivity index (χ4n) is 1.75. The van der Waals surface area contributed by atoms with Gasteiger partial charge in [0.15, 0.2) is 23.3 Å². The van der Waals surface area contributed by atoms with Gasteiger partial charge >= 0.3 is 0 Å². The maximum absolute atomic E-state index is 13.6. The van der Waals surface area contributed by atoms with Crippen LogP contribution in [0.1, 0.15) is 18.2 Å². The lowest BCUT2D eigenvalue weighted by Gasteiger charge is -2.08. The molecule has 122 valence electrons. The average molecular weight is 332 g/mol. The molecule has 0 amide bonds. The molecule has 0 aliphatic rings. The number of rotatable bonds is 3. The Morgan fingerprint density at radius 1 is 1.09 bits per heavy atom. The Bertz CT molecular complexity index is 833. The monoisotopic (exact) mass is 332 g/mol. The number of anilines is 1. The van der Waals surface area contributed by atoms with Crippen LogP contribution in [-0.4, -0.2) is 15.7 Å². The van der Waals surface area contributed by atoms with E-state index < -0.39 is 45.9 Å². The van der Waals surface area contributed by atoms with Crippen molar-refractivity contribution < 1.29 is 22.0 Å². The molecular formula is C13H9F5N4O. The van der Waals surface area contributed by atoms with Gasteiger partial charge < -0.3 is 0 Å². The molecule has 0 radical (unpaired) electrons. The van der Waals surface area contributed by atoms with E-state index in [0.717, 1.165) is 6.92 Å². The molecule has 2 rings (SSSR count). The molecule has 0 bridgehead atoms. The smallest absolute Gasteiger partial charge is 0.252 e. The molecule has 1 heterocycles. The summed E-state index contributed by atoms with van der Waals surface area (Å²) in [6.45, 7) is 2.54. The fourth-order valence-corrected chi connectivity index (χ4v) is 1.75. The van der Waals surface area contributed by atoms with Crippen LogP contribution in [0.15, 0.2) is 16.0 Å². The third-order valence-electron chi connectivity index (χ3n) is 2.77. The molecular weight excluding hydrogens is 323 g/mol. The minimum atomic E-state index is -2.26.